The van der Waals surface area contributed by atoms with Crippen molar-refractivity contribution in [1.82, 2.24) is 9.88 Å². The summed E-state index contributed by atoms with van der Waals surface area (Å²) in [6, 6.07) is 3.70. The molecule has 6 heteroatoms. The van der Waals surface area contributed by atoms with E-state index in [9.17, 15) is 0 Å². The van der Waals surface area contributed by atoms with Crippen molar-refractivity contribution >= 4 is 17.2 Å². The molecule has 1 heterocycles. The second-order valence-corrected chi connectivity index (χ2v) is 4.04. The SMILES string of the molecule is NC(=S)c1ncccc1CN(CCO)CCO. The highest BCUT2D eigenvalue weighted by Crippen LogP contribution is 2.08. The first-order valence-electron chi connectivity index (χ1n) is 5.36. The molecule has 0 atom stereocenters. The topological polar surface area (TPSA) is 82.6 Å². The van der Waals surface area contributed by atoms with Crippen molar-refractivity contribution in [2.75, 3.05) is 26.3 Å². The molecule has 1 aromatic rings. The van der Waals surface area contributed by atoms with E-state index in [1.165, 1.54) is 0 Å². The van der Waals surface area contributed by atoms with Crippen molar-refractivity contribution in [1.29, 1.82) is 0 Å². The largest absolute Gasteiger partial charge is 0.395 e. The molecule has 0 amide bonds. The van der Waals surface area contributed by atoms with Gasteiger partial charge in [-0.3, -0.25) is 9.88 Å². The average Bonchev–Trinajstić information content (AvgIpc) is 2.30. The molecule has 5 nitrogen and oxygen atoms in total. The molecule has 0 aliphatic rings. The summed E-state index contributed by atoms with van der Waals surface area (Å²) in [6.07, 6.45) is 1.64. The summed E-state index contributed by atoms with van der Waals surface area (Å²) < 4.78 is 0. The third-order valence-corrected chi connectivity index (χ3v) is 2.54. The molecule has 0 bridgehead atoms. The van der Waals surface area contributed by atoms with Crippen LogP contribution in [0.3, 0.4) is 0 Å². The zero-order valence-corrected chi connectivity index (χ0v) is 10.4. The highest BCUT2D eigenvalue weighted by molar-refractivity contribution is 7.80. The summed E-state index contributed by atoms with van der Waals surface area (Å²) in [5.41, 5.74) is 7.09. The number of hydrogen-bond donors (Lipinski definition) is 3. The zero-order valence-electron chi connectivity index (χ0n) is 9.54. The molecule has 94 valence electrons. The number of nitrogens with two attached hydrogens (primary N) is 1. The van der Waals surface area contributed by atoms with Crippen molar-refractivity contribution in [3.63, 3.8) is 0 Å². The van der Waals surface area contributed by atoms with Gasteiger partial charge in [-0.1, -0.05) is 18.3 Å². The number of pyridine rings is 1. The Morgan fingerprint density at radius 2 is 2.00 bits per heavy atom. The summed E-state index contributed by atoms with van der Waals surface area (Å²) in [5, 5.41) is 17.9. The maximum atomic E-state index is 8.93. The summed E-state index contributed by atoms with van der Waals surface area (Å²) in [5.74, 6) is 0. The molecule has 0 aliphatic carbocycles. The molecule has 1 rings (SSSR count). The molecule has 0 saturated heterocycles. The molecule has 0 spiro atoms. The Morgan fingerprint density at radius 3 is 2.53 bits per heavy atom. The number of hydrogen-bond acceptors (Lipinski definition) is 5. The summed E-state index contributed by atoms with van der Waals surface area (Å²) in [4.78, 5) is 6.31. The zero-order chi connectivity index (χ0) is 12.7. The van der Waals surface area contributed by atoms with Crippen LogP contribution in [0.5, 0.6) is 0 Å². The average molecular weight is 255 g/mol. The van der Waals surface area contributed by atoms with E-state index in [2.05, 4.69) is 4.98 Å². The van der Waals surface area contributed by atoms with E-state index in [1.807, 2.05) is 17.0 Å². The van der Waals surface area contributed by atoms with E-state index in [0.29, 0.717) is 25.3 Å². The summed E-state index contributed by atoms with van der Waals surface area (Å²) in [6.45, 7) is 1.63. The number of aliphatic hydroxyl groups is 2. The van der Waals surface area contributed by atoms with E-state index in [0.717, 1.165) is 5.56 Å². The van der Waals surface area contributed by atoms with E-state index < -0.39 is 0 Å². The van der Waals surface area contributed by atoms with Gasteiger partial charge in [0.05, 0.1) is 13.2 Å². The van der Waals surface area contributed by atoms with E-state index in [1.54, 1.807) is 6.20 Å². The van der Waals surface area contributed by atoms with Crippen molar-refractivity contribution in [2.24, 2.45) is 5.73 Å². The van der Waals surface area contributed by atoms with E-state index >= 15 is 0 Å². The van der Waals surface area contributed by atoms with Gasteiger partial charge in [0.15, 0.2) is 0 Å². The van der Waals surface area contributed by atoms with Crippen LogP contribution >= 0.6 is 12.2 Å². The maximum absolute atomic E-state index is 8.93. The first-order chi connectivity index (χ1) is 8.19. The fourth-order valence-electron chi connectivity index (χ4n) is 1.58. The quantitative estimate of drug-likeness (QED) is 0.570. The first-order valence-corrected chi connectivity index (χ1v) is 5.77. The first kappa shape index (κ1) is 14.0. The van der Waals surface area contributed by atoms with Crippen LogP contribution in [-0.2, 0) is 6.54 Å². The van der Waals surface area contributed by atoms with E-state index in [-0.39, 0.29) is 18.2 Å². The minimum absolute atomic E-state index is 0.0443. The molecular formula is C11H17N3O2S. The number of rotatable bonds is 7. The van der Waals surface area contributed by atoms with Crippen LogP contribution in [-0.4, -0.2) is 51.4 Å². The predicted molar refractivity (Wildman–Crippen MR) is 69.6 cm³/mol. The lowest BCUT2D eigenvalue weighted by Crippen LogP contribution is -2.30. The van der Waals surface area contributed by atoms with Crippen LogP contribution in [0.1, 0.15) is 11.3 Å². The highest BCUT2D eigenvalue weighted by Gasteiger charge is 2.10. The molecule has 0 aliphatic heterocycles. The summed E-state index contributed by atoms with van der Waals surface area (Å²) >= 11 is 4.93. The Morgan fingerprint density at radius 1 is 1.35 bits per heavy atom. The minimum atomic E-state index is 0.0443. The van der Waals surface area contributed by atoms with Gasteiger partial charge in [-0.05, 0) is 11.6 Å². The molecule has 0 radical (unpaired) electrons. The molecular weight excluding hydrogens is 238 g/mol. The Kier molecular flexibility index (Phi) is 5.99. The smallest absolute Gasteiger partial charge is 0.123 e. The van der Waals surface area contributed by atoms with Crippen molar-refractivity contribution in [3.8, 4) is 0 Å². The van der Waals surface area contributed by atoms with Crippen LogP contribution in [0, 0.1) is 0 Å². The van der Waals surface area contributed by atoms with Crippen LogP contribution in [0.4, 0.5) is 0 Å². The van der Waals surface area contributed by atoms with Crippen molar-refractivity contribution in [3.05, 3.63) is 29.6 Å². The second kappa shape index (κ2) is 7.29. The third-order valence-electron chi connectivity index (χ3n) is 2.35. The molecule has 0 unspecified atom stereocenters. The Bertz CT molecular complexity index is 367. The lowest BCUT2D eigenvalue weighted by atomic mass is 10.1. The third kappa shape index (κ3) is 4.35. The standard InChI is InChI=1S/C11H17N3O2S/c12-11(17)10-9(2-1-3-13-10)8-14(4-6-15)5-7-16/h1-3,15-16H,4-8H2,(H2,12,17). The summed E-state index contributed by atoms with van der Waals surface area (Å²) in [7, 11) is 0. The van der Waals surface area contributed by atoms with Gasteiger partial charge in [0, 0.05) is 25.8 Å². The van der Waals surface area contributed by atoms with Crippen molar-refractivity contribution < 1.29 is 10.2 Å². The van der Waals surface area contributed by atoms with E-state index in [4.69, 9.17) is 28.2 Å². The monoisotopic (exact) mass is 255 g/mol. The van der Waals surface area contributed by atoms with Crippen LogP contribution in [0.2, 0.25) is 0 Å². The van der Waals surface area contributed by atoms with Gasteiger partial charge < -0.3 is 15.9 Å². The van der Waals surface area contributed by atoms with Gasteiger partial charge in [-0.2, -0.15) is 0 Å². The molecule has 4 N–H and O–H groups in total. The van der Waals surface area contributed by atoms with Gasteiger partial charge in [-0.25, -0.2) is 0 Å². The number of thiocarbonyl (C=S) groups is 1. The Balaban J connectivity index is 2.80. The Hall–Kier alpha value is -1.08. The van der Waals surface area contributed by atoms with Crippen LogP contribution < -0.4 is 5.73 Å². The Labute approximate surface area is 106 Å². The highest BCUT2D eigenvalue weighted by atomic mass is 32.1. The maximum Gasteiger partial charge on any atom is 0.123 e. The normalized spacial score (nSPS) is 10.8. The molecule has 0 fully saturated rings. The fourth-order valence-corrected chi connectivity index (χ4v) is 1.77. The lowest BCUT2D eigenvalue weighted by molar-refractivity contribution is 0.155. The van der Waals surface area contributed by atoms with Crippen LogP contribution in [0.25, 0.3) is 0 Å². The fraction of sp³-hybridized carbons (Fsp3) is 0.455. The minimum Gasteiger partial charge on any atom is -0.395 e. The second-order valence-electron chi connectivity index (χ2n) is 3.60. The van der Waals surface area contributed by atoms with Gasteiger partial charge >= 0.3 is 0 Å². The number of aliphatic hydroxyl groups excluding tert-OH is 2. The number of aromatic nitrogens is 1. The molecule has 0 saturated carbocycles. The molecule has 17 heavy (non-hydrogen) atoms. The van der Waals surface area contributed by atoms with Crippen molar-refractivity contribution in [2.45, 2.75) is 6.54 Å². The van der Waals surface area contributed by atoms with Gasteiger partial charge in [0.25, 0.3) is 0 Å². The predicted octanol–water partition coefficient (Wildman–Crippen LogP) is -0.498. The molecule has 1 aromatic heterocycles. The van der Waals surface area contributed by atoms with Gasteiger partial charge in [-0.15, -0.1) is 0 Å². The van der Waals surface area contributed by atoms with Gasteiger partial charge in [0.1, 0.15) is 10.7 Å². The van der Waals surface area contributed by atoms with Gasteiger partial charge in [0.2, 0.25) is 0 Å². The molecule has 0 aromatic carbocycles. The van der Waals surface area contributed by atoms with Crippen LogP contribution in [0.15, 0.2) is 18.3 Å². The number of nitrogens with zero attached hydrogens (tertiary/aromatic N) is 2. The lowest BCUT2D eigenvalue weighted by Gasteiger charge is -2.21.